The van der Waals surface area contributed by atoms with Gasteiger partial charge in [0.25, 0.3) is 0 Å². The zero-order chi connectivity index (χ0) is 19.8. The number of phenolic OH excluding ortho intramolecular Hbond substituents is 1. The molecular formula is C22H22N2O3S. The molecule has 0 bridgehead atoms. The van der Waals surface area contributed by atoms with E-state index < -0.39 is 0 Å². The Kier molecular flexibility index (Phi) is 6.92. The number of nitrogens with zero attached hydrogens (tertiary/aromatic N) is 1. The van der Waals surface area contributed by atoms with Crippen LogP contribution in [0.2, 0.25) is 0 Å². The van der Waals surface area contributed by atoms with Crippen LogP contribution in [0.4, 0.5) is 0 Å². The third-order valence-electron chi connectivity index (χ3n) is 4.00. The molecule has 0 heterocycles. The van der Waals surface area contributed by atoms with E-state index in [1.165, 1.54) is 28.6 Å². The van der Waals surface area contributed by atoms with Crippen molar-refractivity contribution in [3.63, 3.8) is 0 Å². The molecule has 1 amide bonds. The van der Waals surface area contributed by atoms with Crippen LogP contribution in [0.3, 0.4) is 0 Å². The summed E-state index contributed by atoms with van der Waals surface area (Å²) in [5, 5.41) is 16.1. The molecule has 0 aliphatic rings. The molecule has 2 N–H and O–H groups in total. The molecule has 0 aliphatic carbocycles. The molecule has 0 spiro atoms. The van der Waals surface area contributed by atoms with Crippen molar-refractivity contribution in [1.82, 2.24) is 5.43 Å². The van der Waals surface area contributed by atoms with E-state index in [1.54, 1.807) is 23.9 Å². The number of hydrogen-bond donors (Lipinski definition) is 2. The molecule has 3 aromatic rings. The molecule has 5 nitrogen and oxygen atoms in total. The fraction of sp³-hybridized carbons (Fsp3) is 0.182. The molecule has 0 radical (unpaired) electrons. The fourth-order valence-electron chi connectivity index (χ4n) is 2.68. The van der Waals surface area contributed by atoms with Gasteiger partial charge in [-0.1, -0.05) is 42.5 Å². The topological polar surface area (TPSA) is 70.9 Å². The van der Waals surface area contributed by atoms with Crippen LogP contribution in [0.25, 0.3) is 10.8 Å². The Bertz CT molecular complexity index is 988. The number of carbonyl (C=O) groups is 1. The summed E-state index contributed by atoms with van der Waals surface area (Å²) < 4.78 is 5.32. The van der Waals surface area contributed by atoms with Crippen molar-refractivity contribution in [1.29, 1.82) is 0 Å². The van der Waals surface area contributed by atoms with Gasteiger partial charge in [-0.2, -0.15) is 5.10 Å². The number of nitrogens with one attached hydrogen (secondary N) is 1. The van der Waals surface area contributed by atoms with Gasteiger partial charge in [-0.05, 0) is 47.0 Å². The molecule has 0 unspecified atom stereocenters. The Labute approximate surface area is 168 Å². The second kappa shape index (κ2) is 9.80. The van der Waals surface area contributed by atoms with E-state index in [2.05, 4.69) is 40.9 Å². The van der Waals surface area contributed by atoms with E-state index in [9.17, 15) is 9.90 Å². The summed E-state index contributed by atoms with van der Waals surface area (Å²) >= 11 is 1.54. The van der Waals surface area contributed by atoms with E-state index in [4.69, 9.17) is 4.74 Å². The van der Waals surface area contributed by atoms with Crippen LogP contribution in [0.15, 0.2) is 65.8 Å². The highest BCUT2D eigenvalue weighted by molar-refractivity contribution is 7.99. The first-order valence-corrected chi connectivity index (χ1v) is 10.1. The van der Waals surface area contributed by atoms with Crippen molar-refractivity contribution >= 4 is 34.7 Å². The molecule has 0 atom stereocenters. The van der Waals surface area contributed by atoms with Gasteiger partial charge in [0.15, 0.2) is 11.5 Å². The highest BCUT2D eigenvalue weighted by Gasteiger charge is 2.04. The third kappa shape index (κ3) is 5.50. The maximum atomic E-state index is 11.9. The Morgan fingerprint density at radius 2 is 1.96 bits per heavy atom. The quantitative estimate of drug-likeness (QED) is 0.441. The largest absolute Gasteiger partial charge is 0.504 e. The summed E-state index contributed by atoms with van der Waals surface area (Å²) in [4.78, 5) is 11.9. The highest BCUT2D eigenvalue weighted by Crippen LogP contribution is 2.26. The predicted molar refractivity (Wildman–Crippen MR) is 115 cm³/mol. The minimum absolute atomic E-state index is 0.0770. The van der Waals surface area contributed by atoms with Crippen molar-refractivity contribution in [3.8, 4) is 11.5 Å². The molecular weight excluding hydrogens is 372 g/mol. The number of hydrogen-bond acceptors (Lipinski definition) is 5. The van der Waals surface area contributed by atoms with Gasteiger partial charge in [0.05, 0.1) is 18.6 Å². The van der Waals surface area contributed by atoms with Crippen molar-refractivity contribution in [2.24, 2.45) is 5.10 Å². The van der Waals surface area contributed by atoms with Crippen molar-refractivity contribution in [3.05, 3.63) is 71.8 Å². The molecule has 0 aromatic heterocycles. The lowest BCUT2D eigenvalue weighted by Crippen LogP contribution is -2.19. The molecule has 0 saturated carbocycles. The van der Waals surface area contributed by atoms with Gasteiger partial charge < -0.3 is 9.84 Å². The van der Waals surface area contributed by atoms with E-state index in [-0.39, 0.29) is 11.7 Å². The fourth-order valence-corrected chi connectivity index (χ4v) is 3.45. The monoisotopic (exact) mass is 394 g/mol. The molecule has 0 aliphatic heterocycles. The average Bonchev–Trinajstić information content (AvgIpc) is 2.70. The van der Waals surface area contributed by atoms with Gasteiger partial charge >= 0.3 is 0 Å². The van der Waals surface area contributed by atoms with Crippen molar-refractivity contribution in [2.75, 3.05) is 12.4 Å². The van der Waals surface area contributed by atoms with Gasteiger partial charge in [-0.25, -0.2) is 5.43 Å². The number of ether oxygens (including phenoxy) is 1. The summed E-state index contributed by atoms with van der Waals surface area (Å²) in [7, 11) is 0. The number of rotatable bonds is 8. The third-order valence-corrected chi connectivity index (χ3v) is 5.01. The first-order chi connectivity index (χ1) is 13.7. The van der Waals surface area contributed by atoms with Crippen LogP contribution >= 0.6 is 11.8 Å². The second-order valence-corrected chi connectivity index (χ2v) is 7.11. The summed E-state index contributed by atoms with van der Waals surface area (Å²) in [6.45, 7) is 2.30. The van der Waals surface area contributed by atoms with Crippen LogP contribution in [0, 0.1) is 0 Å². The van der Waals surface area contributed by atoms with Crippen LogP contribution in [-0.4, -0.2) is 29.6 Å². The number of amides is 1. The highest BCUT2D eigenvalue weighted by atomic mass is 32.2. The van der Waals surface area contributed by atoms with Gasteiger partial charge in [-0.3, -0.25) is 4.79 Å². The first-order valence-electron chi connectivity index (χ1n) is 8.99. The lowest BCUT2D eigenvalue weighted by Gasteiger charge is -2.06. The molecule has 0 saturated heterocycles. The van der Waals surface area contributed by atoms with Gasteiger partial charge in [0.2, 0.25) is 5.91 Å². The Morgan fingerprint density at radius 3 is 2.79 bits per heavy atom. The van der Waals surface area contributed by atoms with Crippen molar-refractivity contribution < 1.29 is 14.6 Å². The summed E-state index contributed by atoms with van der Waals surface area (Å²) in [5.74, 6) is 1.39. The Balaban J connectivity index is 1.46. The normalized spacial score (nSPS) is 11.0. The van der Waals surface area contributed by atoms with Crippen LogP contribution in [0.1, 0.15) is 18.1 Å². The van der Waals surface area contributed by atoms with Gasteiger partial charge in [-0.15, -0.1) is 11.8 Å². The summed E-state index contributed by atoms with van der Waals surface area (Å²) in [6, 6.07) is 19.5. The van der Waals surface area contributed by atoms with Gasteiger partial charge in [0, 0.05) is 5.75 Å². The number of fused-ring (bicyclic) bond motifs is 1. The van der Waals surface area contributed by atoms with Crippen LogP contribution < -0.4 is 10.2 Å². The van der Waals surface area contributed by atoms with E-state index >= 15 is 0 Å². The smallest absolute Gasteiger partial charge is 0.250 e. The Morgan fingerprint density at radius 1 is 1.14 bits per heavy atom. The molecule has 28 heavy (non-hydrogen) atoms. The summed E-state index contributed by atoms with van der Waals surface area (Å²) in [6.07, 6.45) is 1.52. The van der Waals surface area contributed by atoms with E-state index in [0.29, 0.717) is 18.1 Å². The van der Waals surface area contributed by atoms with Crippen LogP contribution in [-0.2, 0) is 10.5 Å². The standard InChI is InChI=1S/C22H22N2O3S/c1-2-27-21-12-16(8-10-20(21)25)13-23-24-22(26)15-28-14-17-7-9-18-5-3-4-6-19(18)11-17/h3-13,25H,2,14-15H2,1H3,(H,24,26)/b23-13-. The average molecular weight is 394 g/mol. The number of thioether (sulfide) groups is 1. The first kappa shape index (κ1) is 19.8. The lowest BCUT2D eigenvalue weighted by atomic mass is 10.1. The molecule has 144 valence electrons. The minimum Gasteiger partial charge on any atom is -0.504 e. The molecule has 6 heteroatoms. The second-order valence-electron chi connectivity index (χ2n) is 6.13. The zero-order valence-electron chi connectivity index (χ0n) is 15.6. The maximum absolute atomic E-state index is 11.9. The van der Waals surface area contributed by atoms with Crippen LogP contribution in [0.5, 0.6) is 11.5 Å². The predicted octanol–water partition coefficient (Wildman–Crippen LogP) is 4.33. The Hall–Kier alpha value is -2.99. The molecule has 3 aromatic carbocycles. The molecule has 3 rings (SSSR count). The number of phenols is 1. The molecule has 0 fully saturated rings. The van der Waals surface area contributed by atoms with Crippen molar-refractivity contribution in [2.45, 2.75) is 12.7 Å². The number of aromatic hydroxyl groups is 1. The van der Waals surface area contributed by atoms with E-state index in [1.807, 2.05) is 19.1 Å². The number of carbonyl (C=O) groups excluding carboxylic acids is 1. The van der Waals surface area contributed by atoms with E-state index in [0.717, 1.165) is 11.3 Å². The SMILES string of the molecule is CCOc1cc(/C=N\NC(=O)CSCc2ccc3ccccc3c2)ccc1O. The maximum Gasteiger partial charge on any atom is 0.250 e. The number of benzene rings is 3. The van der Waals surface area contributed by atoms with Gasteiger partial charge in [0.1, 0.15) is 0 Å². The minimum atomic E-state index is -0.161. The number of hydrazone groups is 1. The lowest BCUT2D eigenvalue weighted by molar-refractivity contribution is -0.118. The summed E-state index contributed by atoms with van der Waals surface area (Å²) in [5.41, 5.74) is 4.43. The zero-order valence-corrected chi connectivity index (χ0v) is 16.4.